The number of hydrogen-bond acceptors (Lipinski definition) is 4. The first-order valence-corrected chi connectivity index (χ1v) is 10.6. The fraction of sp³-hybridized carbons (Fsp3) is 0.360. The van der Waals surface area contributed by atoms with Crippen LogP contribution in [0.3, 0.4) is 0 Å². The lowest BCUT2D eigenvalue weighted by Gasteiger charge is -2.31. The standard InChI is InChI=1S/C25H28N2O3/c1-29-23-10-8-18-5-2-3-7-21(18)22(23)9-11-24(28)27-25(19-12-15-30-16-13-19)20-6-4-14-26-17-20/h2-8,10,14,17,19,25H,9,11-13,15-16H2,1H3,(H,27,28). The van der Waals surface area contributed by atoms with Crippen molar-refractivity contribution in [2.45, 2.75) is 31.7 Å². The third kappa shape index (κ3) is 4.62. The van der Waals surface area contributed by atoms with Crippen molar-refractivity contribution >= 4 is 16.7 Å². The number of aryl methyl sites for hydroxylation is 1. The van der Waals surface area contributed by atoms with Crippen molar-refractivity contribution in [2.24, 2.45) is 5.92 Å². The molecule has 0 aliphatic carbocycles. The monoisotopic (exact) mass is 404 g/mol. The zero-order valence-corrected chi connectivity index (χ0v) is 17.3. The van der Waals surface area contributed by atoms with Gasteiger partial charge in [0.05, 0.1) is 13.2 Å². The Hall–Kier alpha value is -2.92. The number of ether oxygens (including phenoxy) is 2. The number of fused-ring (bicyclic) bond motifs is 1. The number of amides is 1. The van der Waals surface area contributed by atoms with Crippen molar-refractivity contribution in [3.63, 3.8) is 0 Å². The number of rotatable bonds is 7. The molecule has 1 amide bonds. The van der Waals surface area contributed by atoms with Gasteiger partial charge in [-0.15, -0.1) is 0 Å². The Morgan fingerprint density at radius 3 is 2.77 bits per heavy atom. The molecule has 0 bridgehead atoms. The van der Waals surface area contributed by atoms with E-state index in [1.165, 1.54) is 0 Å². The van der Waals surface area contributed by atoms with Gasteiger partial charge in [0.15, 0.2) is 0 Å². The van der Waals surface area contributed by atoms with E-state index in [0.717, 1.165) is 53.7 Å². The van der Waals surface area contributed by atoms with Gasteiger partial charge in [-0.25, -0.2) is 0 Å². The predicted octanol–water partition coefficient (Wildman–Crippen LogP) is 4.46. The summed E-state index contributed by atoms with van der Waals surface area (Å²) in [6, 6.07) is 16.2. The predicted molar refractivity (Wildman–Crippen MR) is 117 cm³/mol. The zero-order chi connectivity index (χ0) is 20.8. The molecule has 4 rings (SSSR count). The summed E-state index contributed by atoms with van der Waals surface area (Å²) >= 11 is 0. The van der Waals surface area contributed by atoms with Crippen LogP contribution in [0.15, 0.2) is 60.9 Å². The van der Waals surface area contributed by atoms with E-state index in [9.17, 15) is 4.79 Å². The molecular formula is C25H28N2O3. The van der Waals surface area contributed by atoms with Crippen molar-refractivity contribution in [3.05, 3.63) is 72.1 Å². The van der Waals surface area contributed by atoms with Crippen LogP contribution in [0.2, 0.25) is 0 Å². The lowest BCUT2D eigenvalue weighted by Crippen LogP contribution is -2.36. The zero-order valence-electron chi connectivity index (χ0n) is 17.3. The number of hydrogen-bond donors (Lipinski definition) is 1. The maximum absolute atomic E-state index is 13.0. The Bertz CT molecular complexity index is 984. The third-order valence-corrected chi connectivity index (χ3v) is 5.92. The Balaban J connectivity index is 1.50. The van der Waals surface area contributed by atoms with Gasteiger partial charge in [-0.3, -0.25) is 9.78 Å². The number of pyridine rings is 1. The number of carbonyl (C=O) groups excluding carboxylic acids is 1. The Labute approximate surface area is 177 Å². The summed E-state index contributed by atoms with van der Waals surface area (Å²) in [5, 5.41) is 5.58. The van der Waals surface area contributed by atoms with Crippen LogP contribution in [0.4, 0.5) is 0 Å². The second-order valence-electron chi connectivity index (χ2n) is 7.75. The van der Waals surface area contributed by atoms with Crippen molar-refractivity contribution in [1.29, 1.82) is 0 Å². The summed E-state index contributed by atoms with van der Waals surface area (Å²) in [6.07, 6.45) is 6.54. The number of aromatic nitrogens is 1. The fourth-order valence-corrected chi connectivity index (χ4v) is 4.33. The molecule has 1 unspecified atom stereocenters. The molecule has 1 aliphatic heterocycles. The van der Waals surface area contributed by atoms with Crippen LogP contribution < -0.4 is 10.1 Å². The number of nitrogens with one attached hydrogen (secondary N) is 1. The maximum Gasteiger partial charge on any atom is 0.220 e. The van der Waals surface area contributed by atoms with Crippen LogP contribution in [0.5, 0.6) is 5.75 Å². The minimum absolute atomic E-state index is 0.0375. The highest BCUT2D eigenvalue weighted by atomic mass is 16.5. The molecule has 1 N–H and O–H groups in total. The number of benzene rings is 2. The molecule has 5 heteroatoms. The Kier molecular flexibility index (Phi) is 6.60. The number of nitrogens with zero attached hydrogens (tertiary/aromatic N) is 1. The third-order valence-electron chi connectivity index (χ3n) is 5.92. The van der Waals surface area contributed by atoms with Crippen LogP contribution in [-0.2, 0) is 16.0 Å². The molecular weight excluding hydrogens is 376 g/mol. The molecule has 1 aliphatic rings. The van der Waals surface area contributed by atoms with Gasteiger partial charge in [-0.1, -0.05) is 36.4 Å². The summed E-state index contributed by atoms with van der Waals surface area (Å²) in [7, 11) is 1.68. The second kappa shape index (κ2) is 9.72. The van der Waals surface area contributed by atoms with E-state index in [4.69, 9.17) is 9.47 Å². The minimum atomic E-state index is -0.0375. The molecule has 1 fully saturated rings. The van der Waals surface area contributed by atoms with E-state index in [0.29, 0.717) is 18.8 Å². The average Bonchev–Trinajstić information content (AvgIpc) is 2.82. The largest absolute Gasteiger partial charge is 0.496 e. The summed E-state index contributed by atoms with van der Waals surface area (Å²) in [6.45, 7) is 1.48. The molecule has 2 heterocycles. The Morgan fingerprint density at radius 1 is 1.17 bits per heavy atom. The highest BCUT2D eigenvalue weighted by Gasteiger charge is 2.27. The molecule has 5 nitrogen and oxygen atoms in total. The van der Waals surface area contributed by atoms with Crippen LogP contribution in [0, 0.1) is 5.92 Å². The van der Waals surface area contributed by atoms with Gasteiger partial charge < -0.3 is 14.8 Å². The first-order valence-electron chi connectivity index (χ1n) is 10.6. The fourth-order valence-electron chi connectivity index (χ4n) is 4.33. The van der Waals surface area contributed by atoms with Crippen LogP contribution in [0.25, 0.3) is 10.8 Å². The highest BCUT2D eigenvalue weighted by Crippen LogP contribution is 2.31. The molecule has 156 valence electrons. The lowest BCUT2D eigenvalue weighted by molar-refractivity contribution is -0.122. The molecule has 0 saturated carbocycles. The van der Waals surface area contributed by atoms with Gasteiger partial charge in [0, 0.05) is 37.6 Å². The molecule has 0 spiro atoms. The highest BCUT2D eigenvalue weighted by molar-refractivity contribution is 5.88. The molecule has 1 saturated heterocycles. The number of methoxy groups -OCH3 is 1. The SMILES string of the molecule is COc1ccc2ccccc2c1CCC(=O)NC(c1cccnc1)C1CCOCC1. The van der Waals surface area contributed by atoms with Crippen molar-refractivity contribution < 1.29 is 14.3 Å². The molecule has 1 aromatic heterocycles. The summed E-state index contributed by atoms with van der Waals surface area (Å²) in [5.74, 6) is 1.24. The van der Waals surface area contributed by atoms with Gasteiger partial charge >= 0.3 is 0 Å². The Morgan fingerprint density at radius 2 is 2.00 bits per heavy atom. The summed E-state index contributed by atoms with van der Waals surface area (Å²) in [4.78, 5) is 17.2. The quantitative estimate of drug-likeness (QED) is 0.632. The van der Waals surface area contributed by atoms with Gasteiger partial charge in [0.1, 0.15) is 5.75 Å². The molecule has 1 atom stereocenters. The minimum Gasteiger partial charge on any atom is -0.496 e. The topological polar surface area (TPSA) is 60.5 Å². The molecule has 0 radical (unpaired) electrons. The lowest BCUT2D eigenvalue weighted by atomic mass is 9.87. The van der Waals surface area contributed by atoms with Gasteiger partial charge in [-0.2, -0.15) is 0 Å². The second-order valence-corrected chi connectivity index (χ2v) is 7.75. The van der Waals surface area contributed by atoms with E-state index in [1.54, 1.807) is 13.3 Å². The first kappa shape index (κ1) is 20.4. The van der Waals surface area contributed by atoms with E-state index in [-0.39, 0.29) is 11.9 Å². The molecule has 3 aromatic rings. The van der Waals surface area contributed by atoms with E-state index in [2.05, 4.69) is 28.5 Å². The normalized spacial score (nSPS) is 15.6. The van der Waals surface area contributed by atoms with Gasteiger partial charge in [0.25, 0.3) is 0 Å². The van der Waals surface area contributed by atoms with Gasteiger partial charge in [-0.05, 0) is 53.6 Å². The number of carbonyl (C=O) groups is 1. The van der Waals surface area contributed by atoms with E-state index in [1.807, 2.05) is 36.5 Å². The van der Waals surface area contributed by atoms with Crippen molar-refractivity contribution in [3.8, 4) is 5.75 Å². The smallest absolute Gasteiger partial charge is 0.220 e. The van der Waals surface area contributed by atoms with Crippen LogP contribution in [-0.4, -0.2) is 31.2 Å². The van der Waals surface area contributed by atoms with Crippen molar-refractivity contribution in [2.75, 3.05) is 20.3 Å². The van der Waals surface area contributed by atoms with Crippen LogP contribution >= 0.6 is 0 Å². The van der Waals surface area contributed by atoms with E-state index >= 15 is 0 Å². The first-order chi connectivity index (χ1) is 14.8. The molecule has 2 aromatic carbocycles. The molecule has 30 heavy (non-hydrogen) atoms. The average molecular weight is 405 g/mol. The van der Waals surface area contributed by atoms with Crippen molar-refractivity contribution in [1.82, 2.24) is 10.3 Å². The summed E-state index contributed by atoms with van der Waals surface area (Å²) in [5.41, 5.74) is 2.13. The maximum atomic E-state index is 13.0. The van der Waals surface area contributed by atoms with Gasteiger partial charge in [0.2, 0.25) is 5.91 Å². The van der Waals surface area contributed by atoms with E-state index < -0.39 is 0 Å². The van der Waals surface area contributed by atoms with Crippen LogP contribution in [0.1, 0.15) is 36.4 Å². The summed E-state index contributed by atoms with van der Waals surface area (Å²) < 4.78 is 11.1.